The minimum absolute atomic E-state index is 1.13. The molecule has 29 heavy (non-hydrogen) atoms. The van der Waals surface area contributed by atoms with Gasteiger partial charge in [-0.1, -0.05) is 23.8 Å². The molecule has 0 atom stereocenters. The maximum Gasteiger partial charge on any atom is 0.212 e. The van der Waals surface area contributed by atoms with Crippen LogP contribution in [0.4, 0.5) is 0 Å². The van der Waals surface area contributed by atoms with Gasteiger partial charge in [0.25, 0.3) is 0 Å². The van der Waals surface area contributed by atoms with Crippen molar-refractivity contribution in [2.75, 3.05) is 7.05 Å². The third-order valence-corrected chi connectivity index (χ3v) is 6.20. The van der Waals surface area contributed by atoms with Crippen LogP contribution in [0.5, 0.6) is 0 Å². The van der Waals surface area contributed by atoms with Gasteiger partial charge in [-0.25, -0.2) is 4.58 Å². The highest BCUT2D eigenvalue weighted by Gasteiger charge is 2.16. The lowest BCUT2D eigenvalue weighted by Gasteiger charge is -2.11. The molecule has 0 aliphatic heterocycles. The van der Waals surface area contributed by atoms with Gasteiger partial charge in [-0.3, -0.25) is 0 Å². The quantitative estimate of drug-likeness (QED) is 0.263. The first-order valence-electron chi connectivity index (χ1n) is 10.2. The van der Waals surface area contributed by atoms with E-state index in [0.29, 0.717) is 0 Å². The highest BCUT2D eigenvalue weighted by Crippen LogP contribution is 2.30. The van der Waals surface area contributed by atoms with E-state index in [2.05, 4.69) is 102 Å². The standard InChI is InChI=1S/C27H33N2/c1-17(2)19(4)14-27(28(8)9)25-15-23(11-10-18(25)3)24-12-13-26-21(6)20(5)22(7)29(26)16-24/h10-16H,8H2,1-7,9H3/q+1/b27-14-. The molecule has 1 aromatic carbocycles. The molecule has 0 spiro atoms. The number of pyridine rings is 1. The van der Waals surface area contributed by atoms with Gasteiger partial charge in [0.15, 0.2) is 0 Å². The fraction of sp³-hybridized carbons (Fsp3) is 0.296. The van der Waals surface area contributed by atoms with Crippen molar-refractivity contribution in [3.05, 3.63) is 81.7 Å². The average Bonchev–Trinajstić information content (AvgIpc) is 2.90. The molecule has 0 amide bonds. The monoisotopic (exact) mass is 385 g/mol. The van der Waals surface area contributed by atoms with E-state index in [1.54, 1.807) is 0 Å². The van der Waals surface area contributed by atoms with Gasteiger partial charge in [0.2, 0.25) is 5.70 Å². The molecule has 3 rings (SSSR count). The Morgan fingerprint density at radius 2 is 1.59 bits per heavy atom. The predicted molar refractivity (Wildman–Crippen MR) is 127 cm³/mol. The summed E-state index contributed by atoms with van der Waals surface area (Å²) in [6.07, 6.45) is 4.50. The van der Waals surface area contributed by atoms with E-state index >= 15 is 0 Å². The lowest BCUT2D eigenvalue weighted by atomic mass is 9.97. The van der Waals surface area contributed by atoms with Gasteiger partial charge in [0.05, 0.1) is 0 Å². The van der Waals surface area contributed by atoms with Crippen molar-refractivity contribution in [3.63, 3.8) is 0 Å². The van der Waals surface area contributed by atoms with Gasteiger partial charge in [-0.2, -0.15) is 0 Å². The van der Waals surface area contributed by atoms with E-state index in [9.17, 15) is 0 Å². The molecular formula is C27H33N2+. The summed E-state index contributed by atoms with van der Waals surface area (Å²) in [4.78, 5) is 0. The first-order valence-corrected chi connectivity index (χ1v) is 10.2. The Balaban J connectivity index is 2.19. The van der Waals surface area contributed by atoms with Crippen LogP contribution in [-0.2, 0) is 0 Å². The van der Waals surface area contributed by atoms with E-state index in [-0.39, 0.29) is 0 Å². The number of allylic oxidation sites excluding steroid dienone is 3. The molecule has 3 aromatic rings. The average molecular weight is 386 g/mol. The highest BCUT2D eigenvalue weighted by molar-refractivity contribution is 5.74. The maximum atomic E-state index is 4.17. The van der Waals surface area contributed by atoms with Crippen LogP contribution in [-0.4, -0.2) is 22.7 Å². The maximum absolute atomic E-state index is 4.17. The zero-order valence-corrected chi connectivity index (χ0v) is 19.1. The number of rotatable bonds is 4. The Labute approximate surface area is 175 Å². The van der Waals surface area contributed by atoms with Crippen molar-refractivity contribution in [3.8, 4) is 11.1 Å². The summed E-state index contributed by atoms with van der Waals surface area (Å²) in [6.45, 7) is 19.4. The van der Waals surface area contributed by atoms with Crippen molar-refractivity contribution >= 4 is 17.9 Å². The number of benzene rings is 1. The van der Waals surface area contributed by atoms with Crippen LogP contribution >= 0.6 is 0 Å². The Morgan fingerprint density at radius 1 is 0.931 bits per heavy atom. The van der Waals surface area contributed by atoms with Crippen LogP contribution in [0.1, 0.15) is 48.7 Å². The second-order valence-corrected chi connectivity index (χ2v) is 8.45. The van der Waals surface area contributed by atoms with Crippen LogP contribution in [0.15, 0.2) is 53.8 Å². The van der Waals surface area contributed by atoms with Gasteiger partial charge in [0.1, 0.15) is 13.8 Å². The number of fused-ring (bicyclic) bond motifs is 1. The Hall–Kier alpha value is -2.87. The molecule has 2 aromatic heterocycles. The summed E-state index contributed by atoms with van der Waals surface area (Å²) in [5.74, 6) is 0. The lowest BCUT2D eigenvalue weighted by molar-refractivity contribution is -0.385. The largest absolute Gasteiger partial charge is 0.320 e. The predicted octanol–water partition coefficient (Wildman–Crippen LogP) is 6.88. The smallest absolute Gasteiger partial charge is 0.212 e. The third kappa shape index (κ3) is 3.85. The molecule has 2 nitrogen and oxygen atoms in total. The van der Waals surface area contributed by atoms with Crippen LogP contribution in [0.3, 0.4) is 0 Å². The number of hydrogen-bond acceptors (Lipinski definition) is 0. The number of hydrogen-bond donors (Lipinski definition) is 0. The molecule has 0 fully saturated rings. The van der Waals surface area contributed by atoms with E-state index < -0.39 is 0 Å². The molecule has 150 valence electrons. The Bertz CT molecular complexity index is 1180. The van der Waals surface area contributed by atoms with Crippen molar-refractivity contribution in [1.82, 2.24) is 4.40 Å². The highest BCUT2D eigenvalue weighted by atomic mass is 15.0. The summed E-state index contributed by atoms with van der Waals surface area (Å²) in [5.41, 5.74) is 14.0. The zero-order chi connectivity index (χ0) is 21.5. The molecule has 0 unspecified atom stereocenters. The summed E-state index contributed by atoms with van der Waals surface area (Å²) in [7, 11) is 2.01. The SMILES string of the molecule is C=[N+](C)/C(=C\C(C)=C(C)C)c1cc(-c2ccc3c(C)c(C)c(C)n3c2)ccc1C. The Kier molecular flexibility index (Phi) is 5.66. The molecule has 0 bridgehead atoms. The van der Waals surface area contributed by atoms with Crippen molar-refractivity contribution in [2.45, 2.75) is 48.5 Å². The van der Waals surface area contributed by atoms with Crippen LogP contribution in [0, 0.1) is 27.7 Å². The molecule has 0 radical (unpaired) electrons. The van der Waals surface area contributed by atoms with Gasteiger partial charge in [-0.05, 0) is 94.0 Å². The molecule has 2 heterocycles. The van der Waals surface area contributed by atoms with Gasteiger partial charge >= 0.3 is 0 Å². The summed E-state index contributed by atoms with van der Waals surface area (Å²) in [5, 5.41) is 0. The number of aromatic nitrogens is 1. The van der Waals surface area contributed by atoms with Crippen LogP contribution < -0.4 is 0 Å². The lowest BCUT2D eigenvalue weighted by Crippen LogP contribution is -2.04. The Morgan fingerprint density at radius 3 is 2.21 bits per heavy atom. The topological polar surface area (TPSA) is 7.42 Å². The summed E-state index contributed by atoms with van der Waals surface area (Å²) >= 11 is 0. The number of nitrogens with zero attached hydrogens (tertiary/aromatic N) is 2. The van der Waals surface area contributed by atoms with Gasteiger partial charge in [0, 0.05) is 29.0 Å². The normalized spacial score (nSPS) is 11.8. The molecule has 0 aliphatic rings. The van der Waals surface area contributed by atoms with Crippen LogP contribution in [0.2, 0.25) is 0 Å². The second kappa shape index (κ2) is 7.87. The molecule has 2 heteroatoms. The fourth-order valence-corrected chi connectivity index (χ4v) is 3.72. The molecule has 0 saturated heterocycles. The second-order valence-electron chi connectivity index (χ2n) is 8.45. The summed E-state index contributed by atoms with van der Waals surface area (Å²) < 4.78 is 4.28. The van der Waals surface area contributed by atoms with Crippen molar-refractivity contribution < 1.29 is 4.58 Å². The molecule has 0 N–H and O–H groups in total. The van der Waals surface area contributed by atoms with E-state index in [4.69, 9.17) is 0 Å². The minimum Gasteiger partial charge on any atom is -0.320 e. The molecular weight excluding hydrogens is 352 g/mol. The van der Waals surface area contributed by atoms with Gasteiger partial charge in [-0.15, -0.1) is 0 Å². The first kappa shape index (κ1) is 20.9. The van der Waals surface area contributed by atoms with Crippen molar-refractivity contribution in [1.29, 1.82) is 0 Å². The fourth-order valence-electron chi connectivity index (χ4n) is 3.72. The third-order valence-electron chi connectivity index (χ3n) is 6.20. The van der Waals surface area contributed by atoms with Gasteiger partial charge < -0.3 is 4.40 Å². The molecule has 0 saturated carbocycles. The minimum atomic E-state index is 1.13. The van der Waals surface area contributed by atoms with Crippen molar-refractivity contribution in [2.24, 2.45) is 0 Å². The summed E-state index contributed by atoms with van der Waals surface area (Å²) in [6, 6.07) is 11.2. The van der Waals surface area contributed by atoms with E-state index in [1.165, 1.54) is 55.7 Å². The van der Waals surface area contributed by atoms with E-state index in [0.717, 1.165) is 5.70 Å². The van der Waals surface area contributed by atoms with Crippen LogP contribution in [0.25, 0.3) is 22.3 Å². The number of aryl methyl sites for hydroxylation is 3. The zero-order valence-electron chi connectivity index (χ0n) is 19.1. The molecule has 0 aliphatic carbocycles. The first-order chi connectivity index (χ1) is 13.6. The van der Waals surface area contributed by atoms with E-state index in [1.807, 2.05) is 11.6 Å².